The number of aromatic nitrogens is 1. The standard InChI is InChI=1S/C13H17ClN2O2/c1-8-4-6-16(9(2)7-8)12-11(14)10(13(17)18)3-5-15-12/h3,5,8-9H,4,6-7H2,1-2H3,(H,17,18). The van der Waals surface area contributed by atoms with E-state index in [0.717, 1.165) is 19.4 Å². The van der Waals surface area contributed by atoms with Gasteiger partial charge in [0.05, 0.1) is 10.6 Å². The largest absolute Gasteiger partial charge is 0.478 e. The molecule has 2 heterocycles. The predicted molar refractivity (Wildman–Crippen MR) is 71.4 cm³/mol. The van der Waals surface area contributed by atoms with Gasteiger partial charge in [-0.05, 0) is 31.7 Å². The molecule has 5 heteroatoms. The second kappa shape index (κ2) is 5.14. The summed E-state index contributed by atoms with van der Waals surface area (Å²) in [5.74, 6) is 0.273. The van der Waals surface area contributed by atoms with E-state index in [4.69, 9.17) is 16.7 Å². The Kier molecular flexibility index (Phi) is 3.76. The molecule has 0 radical (unpaired) electrons. The third-order valence-electron chi connectivity index (χ3n) is 3.51. The van der Waals surface area contributed by atoms with E-state index in [1.54, 1.807) is 0 Å². The Bertz CT molecular complexity index is 464. The van der Waals surface area contributed by atoms with Crippen molar-refractivity contribution in [2.75, 3.05) is 11.4 Å². The Morgan fingerprint density at radius 2 is 2.28 bits per heavy atom. The fraction of sp³-hybridized carbons (Fsp3) is 0.538. The summed E-state index contributed by atoms with van der Waals surface area (Å²) >= 11 is 6.15. The molecule has 1 saturated heterocycles. The molecule has 0 amide bonds. The zero-order valence-electron chi connectivity index (χ0n) is 10.6. The molecule has 1 aliphatic heterocycles. The number of piperidine rings is 1. The molecular weight excluding hydrogens is 252 g/mol. The number of anilines is 1. The van der Waals surface area contributed by atoms with Crippen LogP contribution in [0.15, 0.2) is 12.3 Å². The van der Waals surface area contributed by atoms with Crippen LogP contribution in [0.4, 0.5) is 5.82 Å². The number of hydrogen-bond donors (Lipinski definition) is 1. The summed E-state index contributed by atoms with van der Waals surface area (Å²) in [6.45, 7) is 5.23. The van der Waals surface area contributed by atoms with Gasteiger partial charge < -0.3 is 10.0 Å². The van der Waals surface area contributed by atoms with Crippen LogP contribution in [0.25, 0.3) is 0 Å². The van der Waals surface area contributed by atoms with Crippen molar-refractivity contribution >= 4 is 23.4 Å². The van der Waals surface area contributed by atoms with Crippen LogP contribution in [0, 0.1) is 5.92 Å². The fourth-order valence-electron chi connectivity index (χ4n) is 2.52. The van der Waals surface area contributed by atoms with Crippen molar-refractivity contribution < 1.29 is 9.90 Å². The molecule has 0 spiro atoms. The highest BCUT2D eigenvalue weighted by atomic mass is 35.5. The molecule has 1 fully saturated rings. The number of carboxylic acids is 1. The highest BCUT2D eigenvalue weighted by Gasteiger charge is 2.26. The van der Waals surface area contributed by atoms with Crippen molar-refractivity contribution in [2.24, 2.45) is 5.92 Å². The van der Waals surface area contributed by atoms with Gasteiger partial charge in [-0.25, -0.2) is 9.78 Å². The van der Waals surface area contributed by atoms with Gasteiger partial charge in [0.25, 0.3) is 0 Å². The quantitative estimate of drug-likeness (QED) is 0.896. The molecule has 1 aliphatic rings. The van der Waals surface area contributed by atoms with Crippen LogP contribution in [0.5, 0.6) is 0 Å². The van der Waals surface area contributed by atoms with Crippen molar-refractivity contribution in [2.45, 2.75) is 32.7 Å². The lowest BCUT2D eigenvalue weighted by Gasteiger charge is -2.37. The number of pyridine rings is 1. The molecule has 18 heavy (non-hydrogen) atoms. The number of carboxylic acid groups (broad SMARTS) is 1. The Morgan fingerprint density at radius 1 is 1.56 bits per heavy atom. The fourth-order valence-corrected chi connectivity index (χ4v) is 2.82. The lowest BCUT2D eigenvalue weighted by atomic mass is 9.93. The first-order valence-electron chi connectivity index (χ1n) is 6.15. The average molecular weight is 269 g/mol. The number of halogens is 1. The summed E-state index contributed by atoms with van der Waals surface area (Å²) in [6.07, 6.45) is 3.67. The van der Waals surface area contributed by atoms with Gasteiger partial charge in [0.15, 0.2) is 0 Å². The number of rotatable bonds is 2. The normalized spacial score (nSPS) is 24.1. The smallest absolute Gasteiger partial charge is 0.337 e. The van der Waals surface area contributed by atoms with Crippen molar-refractivity contribution in [3.63, 3.8) is 0 Å². The van der Waals surface area contributed by atoms with Crippen molar-refractivity contribution in [3.8, 4) is 0 Å². The van der Waals surface area contributed by atoms with E-state index in [1.165, 1.54) is 12.3 Å². The number of hydrogen-bond acceptors (Lipinski definition) is 3. The predicted octanol–water partition coefficient (Wildman–Crippen LogP) is 3.06. The molecule has 0 aliphatic carbocycles. The van der Waals surface area contributed by atoms with Gasteiger partial charge in [-0.3, -0.25) is 0 Å². The third kappa shape index (κ3) is 2.43. The van der Waals surface area contributed by atoms with E-state index in [9.17, 15) is 4.79 Å². The second-order valence-corrected chi connectivity index (χ2v) is 5.35. The summed E-state index contributed by atoms with van der Waals surface area (Å²) in [4.78, 5) is 17.4. The summed E-state index contributed by atoms with van der Waals surface area (Å²) in [5.41, 5.74) is 0.118. The number of aromatic carboxylic acids is 1. The van der Waals surface area contributed by atoms with Crippen LogP contribution in [0.3, 0.4) is 0 Å². The zero-order valence-corrected chi connectivity index (χ0v) is 11.3. The summed E-state index contributed by atoms with van der Waals surface area (Å²) in [7, 11) is 0. The maximum absolute atomic E-state index is 11.1. The maximum atomic E-state index is 11.1. The molecule has 4 nitrogen and oxygen atoms in total. The van der Waals surface area contributed by atoms with E-state index in [1.807, 2.05) is 0 Å². The molecular formula is C13H17ClN2O2. The van der Waals surface area contributed by atoms with Crippen LogP contribution >= 0.6 is 11.6 Å². The van der Waals surface area contributed by atoms with Crippen LogP contribution in [-0.2, 0) is 0 Å². The monoisotopic (exact) mass is 268 g/mol. The van der Waals surface area contributed by atoms with Gasteiger partial charge in [-0.1, -0.05) is 18.5 Å². The molecule has 0 saturated carbocycles. The van der Waals surface area contributed by atoms with Gasteiger partial charge in [0, 0.05) is 18.8 Å². The van der Waals surface area contributed by atoms with Gasteiger partial charge in [-0.2, -0.15) is 0 Å². The van der Waals surface area contributed by atoms with Gasteiger partial charge in [-0.15, -0.1) is 0 Å². The van der Waals surface area contributed by atoms with Crippen LogP contribution in [0.2, 0.25) is 5.02 Å². The molecule has 2 unspecified atom stereocenters. The van der Waals surface area contributed by atoms with E-state index in [0.29, 0.717) is 17.8 Å². The molecule has 1 N–H and O–H groups in total. The maximum Gasteiger partial charge on any atom is 0.337 e. The lowest BCUT2D eigenvalue weighted by Crippen LogP contribution is -2.41. The Labute approximate surface area is 112 Å². The Balaban J connectivity index is 2.33. The van der Waals surface area contributed by atoms with E-state index in [-0.39, 0.29) is 10.6 Å². The number of carbonyl (C=O) groups is 1. The second-order valence-electron chi connectivity index (χ2n) is 4.97. The average Bonchev–Trinajstić information content (AvgIpc) is 2.30. The lowest BCUT2D eigenvalue weighted by molar-refractivity contribution is 0.0697. The molecule has 2 atom stereocenters. The van der Waals surface area contributed by atoms with E-state index in [2.05, 4.69) is 23.7 Å². The van der Waals surface area contributed by atoms with Gasteiger partial charge >= 0.3 is 5.97 Å². The van der Waals surface area contributed by atoms with Crippen molar-refractivity contribution in [1.82, 2.24) is 4.98 Å². The van der Waals surface area contributed by atoms with Crippen LogP contribution < -0.4 is 4.90 Å². The molecule has 1 aromatic heterocycles. The first-order valence-corrected chi connectivity index (χ1v) is 6.53. The van der Waals surface area contributed by atoms with Crippen LogP contribution in [0.1, 0.15) is 37.0 Å². The molecule has 0 bridgehead atoms. The summed E-state index contributed by atoms with van der Waals surface area (Å²) in [6, 6.07) is 1.77. The number of nitrogens with zero attached hydrogens (tertiary/aromatic N) is 2. The molecule has 98 valence electrons. The van der Waals surface area contributed by atoms with E-state index >= 15 is 0 Å². The minimum atomic E-state index is -1.01. The van der Waals surface area contributed by atoms with E-state index < -0.39 is 5.97 Å². The highest BCUT2D eigenvalue weighted by molar-refractivity contribution is 6.35. The molecule has 1 aromatic rings. The minimum absolute atomic E-state index is 0.118. The highest BCUT2D eigenvalue weighted by Crippen LogP contribution is 2.32. The van der Waals surface area contributed by atoms with Gasteiger partial charge in [0.1, 0.15) is 5.82 Å². The first kappa shape index (κ1) is 13.1. The summed E-state index contributed by atoms with van der Waals surface area (Å²) < 4.78 is 0. The SMILES string of the molecule is CC1CCN(c2nccc(C(=O)O)c2Cl)C(C)C1. The van der Waals surface area contributed by atoms with Crippen molar-refractivity contribution in [3.05, 3.63) is 22.8 Å². The zero-order chi connectivity index (χ0) is 13.3. The minimum Gasteiger partial charge on any atom is -0.478 e. The first-order chi connectivity index (χ1) is 8.50. The molecule has 2 rings (SSSR count). The summed E-state index contributed by atoms with van der Waals surface area (Å²) in [5, 5.41) is 9.31. The van der Waals surface area contributed by atoms with Crippen molar-refractivity contribution in [1.29, 1.82) is 0 Å². The topological polar surface area (TPSA) is 53.4 Å². The Morgan fingerprint density at radius 3 is 2.89 bits per heavy atom. The molecule has 0 aromatic carbocycles. The third-order valence-corrected chi connectivity index (χ3v) is 3.88. The van der Waals surface area contributed by atoms with Crippen LogP contribution in [-0.4, -0.2) is 28.6 Å². The Hall–Kier alpha value is -1.29. The van der Waals surface area contributed by atoms with Gasteiger partial charge in [0.2, 0.25) is 0 Å².